The molecule has 0 bridgehead atoms. The van der Waals surface area contributed by atoms with Crippen molar-refractivity contribution in [2.75, 3.05) is 5.43 Å². The van der Waals surface area contributed by atoms with Crippen LogP contribution in [0.1, 0.15) is 22.5 Å². The highest BCUT2D eigenvalue weighted by atomic mass is 35.5. The molecular formula is C23H21ClN4O. The lowest BCUT2D eigenvalue weighted by atomic mass is 10.1. The monoisotopic (exact) mass is 404 g/mol. The van der Waals surface area contributed by atoms with Crippen LogP contribution >= 0.6 is 11.6 Å². The third kappa shape index (κ3) is 4.15. The summed E-state index contributed by atoms with van der Waals surface area (Å²) in [6.45, 7) is 7.86. The SMILES string of the molecule is Cc1ccc(-c2c/c(=N\Nc3nc(C)cc(C)n3)c3cc(Cl)c(C)cc3o2)cc1. The summed E-state index contributed by atoms with van der Waals surface area (Å²) in [4.78, 5) is 8.77. The maximum absolute atomic E-state index is 6.36. The standard InChI is InChI=1S/C23H21ClN4O/c1-13-5-7-17(8-6-13)21-12-20(18-11-19(24)14(2)9-22(18)29-21)27-28-23-25-15(3)10-16(4)26-23/h5-12H,1-4H3,(H,25,26,28)/b27-20+. The normalized spacial score (nSPS) is 11.8. The van der Waals surface area contributed by atoms with Crippen LogP contribution in [0.25, 0.3) is 22.3 Å². The molecule has 2 aromatic carbocycles. The second kappa shape index (κ2) is 7.68. The molecule has 2 aromatic heterocycles. The molecule has 0 radical (unpaired) electrons. The summed E-state index contributed by atoms with van der Waals surface area (Å²) in [5, 5.41) is 6.74. The molecule has 0 aliphatic rings. The van der Waals surface area contributed by atoms with E-state index in [1.54, 1.807) is 0 Å². The summed E-state index contributed by atoms with van der Waals surface area (Å²) in [5.74, 6) is 1.17. The van der Waals surface area contributed by atoms with Crippen molar-refractivity contribution in [3.8, 4) is 11.3 Å². The van der Waals surface area contributed by atoms with Crippen LogP contribution in [0, 0.1) is 27.7 Å². The molecule has 0 spiro atoms. The van der Waals surface area contributed by atoms with Gasteiger partial charge in [-0.05, 0) is 51.5 Å². The zero-order chi connectivity index (χ0) is 20.5. The van der Waals surface area contributed by atoms with Gasteiger partial charge in [0.25, 0.3) is 0 Å². The van der Waals surface area contributed by atoms with Gasteiger partial charge < -0.3 is 4.42 Å². The number of aryl methyl sites for hydroxylation is 4. The van der Waals surface area contributed by atoms with Crippen LogP contribution in [0.3, 0.4) is 0 Å². The second-order valence-electron chi connectivity index (χ2n) is 7.16. The minimum absolute atomic E-state index is 0.450. The van der Waals surface area contributed by atoms with Crippen molar-refractivity contribution in [3.63, 3.8) is 0 Å². The molecule has 6 heteroatoms. The predicted molar refractivity (Wildman–Crippen MR) is 117 cm³/mol. The van der Waals surface area contributed by atoms with Crippen molar-refractivity contribution < 1.29 is 4.42 Å². The van der Waals surface area contributed by atoms with E-state index in [4.69, 9.17) is 16.0 Å². The number of anilines is 1. The van der Waals surface area contributed by atoms with Gasteiger partial charge in [-0.2, -0.15) is 5.10 Å². The third-order valence-corrected chi connectivity index (χ3v) is 5.03. The number of hydrogen-bond acceptors (Lipinski definition) is 5. The number of nitrogens with zero attached hydrogens (tertiary/aromatic N) is 3. The number of halogens is 1. The van der Waals surface area contributed by atoms with E-state index in [0.29, 0.717) is 21.9 Å². The highest BCUT2D eigenvalue weighted by Crippen LogP contribution is 2.26. The van der Waals surface area contributed by atoms with E-state index in [9.17, 15) is 0 Å². The Morgan fingerprint density at radius 1 is 0.897 bits per heavy atom. The Kier molecular flexibility index (Phi) is 5.07. The van der Waals surface area contributed by atoms with E-state index in [0.717, 1.165) is 33.7 Å². The van der Waals surface area contributed by atoms with Crippen LogP contribution in [0.15, 0.2) is 58.0 Å². The summed E-state index contributed by atoms with van der Waals surface area (Å²) in [7, 11) is 0. The minimum atomic E-state index is 0.450. The molecule has 0 saturated carbocycles. The fraction of sp³-hybridized carbons (Fsp3) is 0.174. The van der Waals surface area contributed by atoms with Gasteiger partial charge in [0.15, 0.2) is 0 Å². The molecule has 4 aromatic rings. The van der Waals surface area contributed by atoms with Crippen LogP contribution in [0.2, 0.25) is 5.02 Å². The van der Waals surface area contributed by atoms with E-state index in [1.165, 1.54) is 5.56 Å². The number of aromatic nitrogens is 2. The highest BCUT2D eigenvalue weighted by molar-refractivity contribution is 6.32. The first kappa shape index (κ1) is 19.2. The van der Waals surface area contributed by atoms with Crippen LogP contribution in [0.4, 0.5) is 5.95 Å². The van der Waals surface area contributed by atoms with E-state index in [-0.39, 0.29) is 0 Å². The summed E-state index contributed by atoms with van der Waals surface area (Å²) >= 11 is 6.36. The Hall–Kier alpha value is -3.18. The Labute approximate surface area is 174 Å². The fourth-order valence-corrected chi connectivity index (χ4v) is 3.29. The minimum Gasteiger partial charge on any atom is -0.456 e. The number of fused-ring (bicyclic) bond motifs is 1. The average Bonchev–Trinajstić information content (AvgIpc) is 2.67. The van der Waals surface area contributed by atoms with Crippen molar-refractivity contribution in [3.05, 3.63) is 81.4 Å². The van der Waals surface area contributed by atoms with Gasteiger partial charge in [0.2, 0.25) is 5.95 Å². The van der Waals surface area contributed by atoms with Crippen LogP contribution < -0.4 is 10.8 Å². The van der Waals surface area contributed by atoms with Gasteiger partial charge in [-0.25, -0.2) is 15.4 Å². The maximum atomic E-state index is 6.36. The van der Waals surface area contributed by atoms with Crippen molar-refractivity contribution in [1.29, 1.82) is 0 Å². The van der Waals surface area contributed by atoms with Gasteiger partial charge in [0.05, 0.1) is 5.36 Å². The Morgan fingerprint density at radius 2 is 1.59 bits per heavy atom. The summed E-state index contributed by atoms with van der Waals surface area (Å²) < 4.78 is 6.18. The van der Waals surface area contributed by atoms with E-state index in [2.05, 4.69) is 39.6 Å². The number of benzene rings is 2. The molecule has 0 amide bonds. The molecule has 0 fully saturated rings. The predicted octanol–water partition coefficient (Wildman–Crippen LogP) is 5.70. The first-order valence-electron chi connectivity index (χ1n) is 9.32. The molecule has 146 valence electrons. The Morgan fingerprint density at radius 3 is 2.28 bits per heavy atom. The lowest BCUT2D eigenvalue weighted by molar-refractivity contribution is 0.618. The number of nitrogens with one attached hydrogen (secondary N) is 1. The largest absolute Gasteiger partial charge is 0.456 e. The van der Waals surface area contributed by atoms with E-state index in [1.807, 2.05) is 57.2 Å². The quantitative estimate of drug-likeness (QED) is 0.444. The molecule has 0 atom stereocenters. The summed E-state index contributed by atoms with van der Waals surface area (Å²) in [6.07, 6.45) is 0. The topological polar surface area (TPSA) is 63.3 Å². The van der Waals surface area contributed by atoms with Gasteiger partial charge in [-0.3, -0.25) is 0 Å². The van der Waals surface area contributed by atoms with E-state index < -0.39 is 0 Å². The van der Waals surface area contributed by atoms with Gasteiger partial charge >= 0.3 is 0 Å². The highest BCUT2D eigenvalue weighted by Gasteiger charge is 2.09. The summed E-state index contributed by atoms with van der Waals surface area (Å²) in [5.41, 5.74) is 8.55. The van der Waals surface area contributed by atoms with Gasteiger partial charge in [-0.15, -0.1) is 0 Å². The third-order valence-electron chi connectivity index (χ3n) is 4.62. The van der Waals surface area contributed by atoms with Crippen molar-refractivity contribution in [2.24, 2.45) is 5.10 Å². The molecule has 0 aliphatic heterocycles. The van der Waals surface area contributed by atoms with Crippen LogP contribution in [-0.2, 0) is 0 Å². The zero-order valence-corrected chi connectivity index (χ0v) is 17.5. The van der Waals surface area contributed by atoms with Crippen molar-refractivity contribution in [2.45, 2.75) is 27.7 Å². The van der Waals surface area contributed by atoms with Gasteiger partial charge in [0, 0.05) is 33.4 Å². The van der Waals surface area contributed by atoms with Crippen LogP contribution in [-0.4, -0.2) is 9.97 Å². The molecule has 0 aliphatic carbocycles. The van der Waals surface area contributed by atoms with Crippen molar-refractivity contribution >= 4 is 28.5 Å². The van der Waals surface area contributed by atoms with E-state index >= 15 is 0 Å². The lowest BCUT2D eigenvalue weighted by Crippen LogP contribution is -2.09. The molecular weight excluding hydrogens is 384 g/mol. The van der Waals surface area contributed by atoms with Crippen LogP contribution in [0.5, 0.6) is 0 Å². The average molecular weight is 405 g/mol. The Bertz CT molecular complexity index is 1260. The molecule has 4 rings (SSSR count). The summed E-state index contributed by atoms with van der Waals surface area (Å²) in [6, 6.07) is 15.8. The Balaban J connectivity index is 1.90. The maximum Gasteiger partial charge on any atom is 0.243 e. The van der Waals surface area contributed by atoms with Gasteiger partial charge in [-0.1, -0.05) is 41.4 Å². The molecule has 29 heavy (non-hydrogen) atoms. The second-order valence-corrected chi connectivity index (χ2v) is 7.56. The fourth-order valence-electron chi connectivity index (χ4n) is 3.13. The molecule has 2 heterocycles. The number of rotatable bonds is 3. The van der Waals surface area contributed by atoms with Crippen molar-refractivity contribution in [1.82, 2.24) is 9.97 Å². The van der Waals surface area contributed by atoms with Gasteiger partial charge in [0.1, 0.15) is 11.3 Å². The molecule has 0 unspecified atom stereocenters. The smallest absolute Gasteiger partial charge is 0.243 e. The first-order chi connectivity index (χ1) is 13.9. The zero-order valence-electron chi connectivity index (χ0n) is 16.7. The lowest BCUT2D eigenvalue weighted by Gasteiger charge is -2.08. The first-order valence-corrected chi connectivity index (χ1v) is 9.70. The molecule has 0 saturated heterocycles. The molecule has 1 N–H and O–H groups in total. The molecule has 5 nitrogen and oxygen atoms in total. The number of hydrogen-bond donors (Lipinski definition) is 1.